The Morgan fingerprint density at radius 3 is 2.96 bits per heavy atom. The Kier molecular flexibility index (Phi) is 4.00. The molecular weight excluding hydrogens is 309 g/mol. The molecule has 4 heterocycles. The number of aromatic nitrogens is 4. The Morgan fingerprint density at radius 1 is 1.21 bits per heavy atom. The van der Waals surface area contributed by atoms with Gasteiger partial charge in [0, 0.05) is 12.7 Å². The standard InChI is InChI=1S/C17H16FN5O/c18-12-6-7-14(20-10-12)16-21-17(24-22-16)15-5-3-9-23(15)11-13-4-1-2-8-19-13/h1-2,4,6-8,10,15H,3,5,9,11H2/t15-/m0/s1. The molecule has 1 atom stereocenters. The molecule has 1 aliphatic heterocycles. The van der Waals surface area contributed by atoms with Crippen LogP contribution in [0.25, 0.3) is 11.5 Å². The highest BCUT2D eigenvalue weighted by Crippen LogP contribution is 2.32. The molecule has 1 fully saturated rings. The fourth-order valence-corrected chi connectivity index (χ4v) is 2.98. The van der Waals surface area contributed by atoms with Crippen molar-refractivity contribution in [1.82, 2.24) is 25.0 Å². The van der Waals surface area contributed by atoms with Crippen LogP contribution in [0.1, 0.15) is 30.5 Å². The first-order chi connectivity index (χ1) is 11.8. The highest BCUT2D eigenvalue weighted by molar-refractivity contribution is 5.47. The number of likely N-dealkylation sites (tertiary alicyclic amines) is 1. The van der Waals surface area contributed by atoms with Gasteiger partial charge in [0.15, 0.2) is 0 Å². The largest absolute Gasteiger partial charge is 0.337 e. The van der Waals surface area contributed by atoms with Crippen LogP contribution in [0.5, 0.6) is 0 Å². The van der Waals surface area contributed by atoms with Crippen LogP contribution in [0, 0.1) is 5.82 Å². The second-order valence-corrected chi connectivity index (χ2v) is 5.77. The van der Waals surface area contributed by atoms with Crippen molar-refractivity contribution in [3.05, 3.63) is 60.1 Å². The van der Waals surface area contributed by atoms with Gasteiger partial charge >= 0.3 is 0 Å². The molecular formula is C17H16FN5O. The maximum Gasteiger partial charge on any atom is 0.244 e. The zero-order chi connectivity index (χ0) is 16.4. The minimum Gasteiger partial charge on any atom is -0.337 e. The van der Waals surface area contributed by atoms with E-state index in [0.29, 0.717) is 17.4 Å². The molecule has 0 aliphatic carbocycles. The van der Waals surface area contributed by atoms with Crippen molar-refractivity contribution in [2.24, 2.45) is 0 Å². The Balaban J connectivity index is 1.53. The van der Waals surface area contributed by atoms with Gasteiger partial charge in [-0.05, 0) is 43.7 Å². The summed E-state index contributed by atoms with van der Waals surface area (Å²) in [5, 5.41) is 3.99. The van der Waals surface area contributed by atoms with Crippen LogP contribution in [0.2, 0.25) is 0 Å². The predicted molar refractivity (Wildman–Crippen MR) is 84.1 cm³/mol. The van der Waals surface area contributed by atoms with Gasteiger partial charge in [0.2, 0.25) is 11.7 Å². The van der Waals surface area contributed by atoms with E-state index < -0.39 is 0 Å². The normalized spacial score (nSPS) is 18.1. The summed E-state index contributed by atoms with van der Waals surface area (Å²) in [7, 11) is 0. The molecule has 0 radical (unpaired) electrons. The molecule has 1 saturated heterocycles. The second kappa shape index (κ2) is 6.45. The Morgan fingerprint density at radius 2 is 2.17 bits per heavy atom. The Hall–Kier alpha value is -2.67. The lowest BCUT2D eigenvalue weighted by atomic mass is 10.2. The molecule has 1 aliphatic rings. The molecule has 3 aromatic heterocycles. The fourth-order valence-electron chi connectivity index (χ4n) is 2.98. The number of nitrogens with zero attached hydrogens (tertiary/aromatic N) is 5. The highest BCUT2D eigenvalue weighted by Gasteiger charge is 2.31. The van der Waals surface area contributed by atoms with E-state index in [2.05, 4.69) is 25.0 Å². The average Bonchev–Trinajstić information content (AvgIpc) is 3.25. The van der Waals surface area contributed by atoms with Gasteiger partial charge in [0.05, 0.1) is 17.9 Å². The average molecular weight is 325 g/mol. The lowest BCUT2D eigenvalue weighted by Crippen LogP contribution is -2.23. The van der Waals surface area contributed by atoms with E-state index in [1.54, 1.807) is 12.3 Å². The van der Waals surface area contributed by atoms with Crippen LogP contribution in [-0.4, -0.2) is 31.6 Å². The number of halogens is 1. The number of hydrogen-bond acceptors (Lipinski definition) is 6. The van der Waals surface area contributed by atoms with Crippen LogP contribution in [0.15, 0.2) is 47.2 Å². The number of rotatable bonds is 4. The van der Waals surface area contributed by atoms with Crippen molar-refractivity contribution in [2.45, 2.75) is 25.4 Å². The van der Waals surface area contributed by atoms with Crippen LogP contribution >= 0.6 is 0 Å². The summed E-state index contributed by atoms with van der Waals surface area (Å²) in [5.74, 6) is 0.569. The van der Waals surface area contributed by atoms with Crippen LogP contribution in [0.4, 0.5) is 4.39 Å². The summed E-state index contributed by atoms with van der Waals surface area (Å²) >= 11 is 0. The molecule has 0 amide bonds. The second-order valence-electron chi connectivity index (χ2n) is 5.77. The molecule has 0 saturated carbocycles. The minimum atomic E-state index is -0.389. The summed E-state index contributed by atoms with van der Waals surface area (Å²) in [4.78, 5) is 15.1. The monoisotopic (exact) mass is 325 g/mol. The van der Waals surface area contributed by atoms with E-state index in [1.807, 2.05) is 18.2 Å². The first-order valence-electron chi connectivity index (χ1n) is 7.89. The van der Waals surface area contributed by atoms with Crippen molar-refractivity contribution in [3.63, 3.8) is 0 Å². The van der Waals surface area contributed by atoms with E-state index in [1.165, 1.54) is 6.07 Å². The van der Waals surface area contributed by atoms with Crippen molar-refractivity contribution in [3.8, 4) is 11.5 Å². The summed E-state index contributed by atoms with van der Waals surface area (Å²) in [6.07, 6.45) is 4.98. The minimum absolute atomic E-state index is 0.0775. The first kappa shape index (κ1) is 14.9. The fraction of sp³-hybridized carbons (Fsp3) is 0.294. The molecule has 3 aromatic rings. The molecule has 7 heteroatoms. The lowest BCUT2D eigenvalue weighted by molar-refractivity contribution is 0.199. The van der Waals surface area contributed by atoms with E-state index >= 15 is 0 Å². The van der Waals surface area contributed by atoms with Gasteiger partial charge < -0.3 is 4.52 Å². The van der Waals surface area contributed by atoms with Crippen LogP contribution < -0.4 is 0 Å². The lowest BCUT2D eigenvalue weighted by Gasteiger charge is -2.20. The van der Waals surface area contributed by atoms with Crippen molar-refractivity contribution in [1.29, 1.82) is 0 Å². The Labute approximate surface area is 138 Å². The van der Waals surface area contributed by atoms with Crippen molar-refractivity contribution >= 4 is 0 Å². The molecule has 122 valence electrons. The van der Waals surface area contributed by atoms with Gasteiger partial charge in [-0.25, -0.2) is 9.37 Å². The van der Waals surface area contributed by atoms with Crippen molar-refractivity contribution in [2.75, 3.05) is 6.54 Å². The third-order valence-corrected chi connectivity index (χ3v) is 4.14. The number of pyridine rings is 2. The maximum absolute atomic E-state index is 13.0. The Bertz CT molecular complexity index is 805. The van der Waals surface area contributed by atoms with Gasteiger partial charge in [-0.15, -0.1) is 0 Å². The number of hydrogen-bond donors (Lipinski definition) is 0. The molecule has 6 nitrogen and oxygen atoms in total. The highest BCUT2D eigenvalue weighted by atomic mass is 19.1. The van der Waals surface area contributed by atoms with Gasteiger partial charge in [-0.2, -0.15) is 4.98 Å². The van der Waals surface area contributed by atoms with E-state index in [9.17, 15) is 4.39 Å². The molecule has 0 N–H and O–H groups in total. The molecule has 24 heavy (non-hydrogen) atoms. The third kappa shape index (κ3) is 3.03. The zero-order valence-corrected chi connectivity index (χ0v) is 13.0. The van der Waals surface area contributed by atoms with Crippen LogP contribution in [-0.2, 0) is 6.54 Å². The summed E-state index contributed by atoms with van der Waals surface area (Å²) < 4.78 is 18.4. The summed E-state index contributed by atoms with van der Waals surface area (Å²) in [5.41, 5.74) is 1.52. The summed E-state index contributed by atoms with van der Waals surface area (Å²) in [6, 6.07) is 8.86. The molecule has 4 rings (SSSR count). The molecule has 0 unspecified atom stereocenters. The zero-order valence-electron chi connectivity index (χ0n) is 13.0. The van der Waals surface area contributed by atoms with E-state index in [0.717, 1.165) is 37.8 Å². The van der Waals surface area contributed by atoms with Crippen molar-refractivity contribution < 1.29 is 8.91 Å². The van der Waals surface area contributed by atoms with Crippen LogP contribution in [0.3, 0.4) is 0 Å². The molecule has 0 aromatic carbocycles. The quantitative estimate of drug-likeness (QED) is 0.734. The van der Waals surface area contributed by atoms with Gasteiger partial charge in [0.25, 0.3) is 0 Å². The topological polar surface area (TPSA) is 67.9 Å². The molecule has 0 spiro atoms. The smallest absolute Gasteiger partial charge is 0.244 e. The SMILES string of the molecule is Fc1ccc(-c2noc([C@@H]3CCCN3Cc3ccccn3)n2)nc1. The van der Waals surface area contributed by atoms with Gasteiger partial charge in [-0.3, -0.25) is 9.88 Å². The van der Waals surface area contributed by atoms with E-state index in [4.69, 9.17) is 4.52 Å². The van der Waals surface area contributed by atoms with E-state index in [-0.39, 0.29) is 11.9 Å². The predicted octanol–water partition coefficient (Wildman–Crippen LogP) is 3.00. The van der Waals surface area contributed by atoms with Gasteiger partial charge in [-0.1, -0.05) is 11.2 Å². The maximum atomic E-state index is 13.0. The summed E-state index contributed by atoms with van der Waals surface area (Å²) in [6.45, 7) is 1.71. The first-order valence-corrected chi connectivity index (χ1v) is 7.89. The molecule has 0 bridgehead atoms. The third-order valence-electron chi connectivity index (χ3n) is 4.14. The van der Waals surface area contributed by atoms with Gasteiger partial charge in [0.1, 0.15) is 11.5 Å².